The molecule has 8 nitrogen and oxygen atoms in total. The molecule has 144 valence electrons. The first-order valence-corrected chi connectivity index (χ1v) is 8.34. The number of hydrogen-bond acceptors (Lipinski definition) is 8. The number of hydrogen-bond donors (Lipinski definition) is 1. The zero-order chi connectivity index (χ0) is 19.4. The molecule has 1 aromatic carbocycles. The highest BCUT2D eigenvalue weighted by Crippen LogP contribution is 2.38. The second kappa shape index (κ2) is 8.13. The van der Waals surface area contributed by atoms with Gasteiger partial charge in [-0.2, -0.15) is 0 Å². The van der Waals surface area contributed by atoms with E-state index in [1.165, 1.54) is 14.2 Å². The zero-order valence-corrected chi connectivity index (χ0v) is 15.0. The Morgan fingerprint density at radius 2 is 1.93 bits per heavy atom. The number of esters is 1. The summed E-state index contributed by atoms with van der Waals surface area (Å²) in [6, 6.07) is 6.29. The lowest BCUT2D eigenvalue weighted by atomic mass is 9.91. The van der Waals surface area contributed by atoms with Gasteiger partial charge >= 0.3 is 5.97 Å². The van der Waals surface area contributed by atoms with E-state index in [9.17, 15) is 14.7 Å². The minimum atomic E-state index is -0.752. The molecule has 1 N–H and O–H groups in total. The van der Waals surface area contributed by atoms with Crippen molar-refractivity contribution in [3.05, 3.63) is 51.6 Å². The van der Waals surface area contributed by atoms with Crippen molar-refractivity contribution < 1.29 is 33.3 Å². The lowest BCUT2D eigenvalue weighted by molar-refractivity contribution is -0.140. The third-order valence-corrected chi connectivity index (χ3v) is 4.17. The van der Waals surface area contributed by atoms with Gasteiger partial charge in [0.1, 0.15) is 25.6 Å². The SMILES string of the molecule is COCc1cc(=O)c(O)c(C(CC(=O)OC)c2ccc3c(c2)OCCO3)o1. The first-order chi connectivity index (χ1) is 13.0. The number of ether oxygens (including phenoxy) is 4. The molecule has 0 amide bonds. The molecule has 1 unspecified atom stereocenters. The Hall–Kier alpha value is -3.00. The Balaban J connectivity index is 2.09. The van der Waals surface area contributed by atoms with Crippen LogP contribution in [0.4, 0.5) is 0 Å². The monoisotopic (exact) mass is 376 g/mol. The van der Waals surface area contributed by atoms with Gasteiger partial charge in [0.15, 0.2) is 17.3 Å². The predicted molar refractivity (Wildman–Crippen MR) is 93.3 cm³/mol. The number of methoxy groups -OCH3 is 2. The summed E-state index contributed by atoms with van der Waals surface area (Å²) in [5.41, 5.74) is -0.00613. The van der Waals surface area contributed by atoms with Crippen molar-refractivity contribution in [3.63, 3.8) is 0 Å². The topological polar surface area (TPSA) is 104 Å². The standard InChI is InChI=1S/C19H20O8/c1-23-10-12-8-14(20)18(22)19(27-12)13(9-17(21)24-2)11-3-4-15-16(7-11)26-6-5-25-15/h3-4,7-8,13,22H,5-6,9-10H2,1-2H3. The Kier molecular flexibility index (Phi) is 5.66. The highest BCUT2D eigenvalue weighted by molar-refractivity contribution is 5.71. The van der Waals surface area contributed by atoms with Crippen LogP contribution in [-0.4, -0.2) is 38.5 Å². The number of fused-ring (bicyclic) bond motifs is 1. The molecule has 3 rings (SSSR count). The molecule has 0 bridgehead atoms. The molecular weight excluding hydrogens is 356 g/mol. The van der Waals surface area contributed by atoms with Crippen LogP contribution >= 0.6 is 0 Å². The average Bonchev–Trinajstić information content (AvgIpc) is 2.68. The normalized spacial score (nSPS) is 13.9. The summed E-state index contributed by atoms with van der Waals surface area (Å²) in [6.45, 7) is 0.906. The van der Waals surface area contributed by atoms with E-state index in [-0.39, 0.29) is 24.5 Å². The fraction of sp³-hybridized carbons (Fsp3) is 0.368. The maximum Gasteiger partial charge on any atom is 0.306 e. The van der Waals surface area contributed by atoms with E-state index in [0.717, 1.165) is 6.07 Å². The number of carbonyl (C=O) groups excluding carboxylic acids is 1. The third kappa shape index (κ3) is 4.06. The molecule has 1 aliphatic heterocycles. The van der Waals surface area contributed by atoms with Crippen molar-refractivity contribution in [1.29, 1.82) is 0 Å². The Morgan fingerprint density at radius 1 is 1.19 bits per heavy atom. The summed E-state index contributed by atoms with van der Waals surface area (Å²) < 4.78 is 26.5. The van der Waals surface area contributed by atoms with Crippen molar-refractivity contribution in [1.82, 2.24) is 0 Å². The molecule has 0 radical (unpaired) electrons. The fourth-order valence-corrected chi connectivity index (χ4v) is 2.89. The summed E-state index contributed by atoms with van der Waals surface area (Å²) in [5, 5.41) is 10.3. The first-order valence-electron chi connectivity index (χ1n) is 8.34. The Bertz CT molecular complexity index is 886. The molecule has 2 aromatic rings. The van der Waals surface area contributed by atoms with Gasteiger partial charge in [0.05, 0.1) is 19.4 Å². The average molecular weight is 376 g/mol. The molecule has 1 aromatic heterocycles. The second-order valence-electron chi connectivity index (χ2n) is 5.96. The van der Waals surface area contributed by atoms with E-state index in [1.54, 1.807) is 18.2 Å². The van der Waals surface area contributed by atoms with Gasteiger partial charge in [-0.1, -0.05) is 6.07 Å². The van der Waals surface area contributed by atoms with Crippen molar-refractivity contribution in [2.24, 2.45) is 0 Å². The zero-order valence-electron chi connectivity index (χ0n) is 15.0. The summed E-state index contributed by atoms with van der Waals surface area (Å²) in [6.07, 6.45) is -0.136. The second-order valence-corrected chi connectivity index (χ2v) is 5.96. The number of rotatable bonds is 6. The van der Waals surface area contributed by atoms with Gasteiger partial charge in [-0.3, -0.25) is 9.59 Å². The van der Waals surface area contributed by atoms with Crippen LogP contribution in [0.3, 0.4) is 0 Å². The van der Waals surface area contributed by atoms with Crippen LogP contribution in [-0.2, 0) is 20.9 Å². The fourth-order valence-electron chi connectivity index (χ4n) is 2.89. The summed E-state index contributed by atoms with van der Waals surface area (Å²) in [7, 11) is 2.72. The molecule has 1 atom stereocenters. The highest BCUT2D eigenvalue weighted by Gasteiger charge is 2.28. The number of benzene rings is 1. The van der Waals surface area contributed by atoms with Crippen molar-refractivity contribution >= 4 is 5.97 Å². The molecule has 0 saturated heterocycles. The minimum Gasteiger partial charge on any atom is -0.502 e. The quantitative estimate of drug-likeness (QED) is 0.763. The van der Waals surface area contributed by atoms with Crippen LogP contribution < -0.4 is 14.9 Å². The van der Waals surface area contributed by atoms with Crippen LogP contribution in [0, 0.1) is 0 Å². The lowest BCUT2D eigenvalue weighted by Gasteiger charge is -2.22. The van der Waals surface area contributed by atoms with Gasteiger partial charge in [0.25, 0.3) is 0 Å². The number of aromatic hydroxyl groups is 1. The van der Waals surface area contributed by atoms with E-state index in [2.05, 4.69) is 0 Å². The summed E-state index contributed by atoms with van der Waals surface area (Å²) in [4.78, 5) is 24.1. The van der Waals surface area contributed by atoms with Crippen LogP contribution in [0.5, 0.6) is 17.2 Å². The molecule has 8 heteroatoms. The van der Waals surface area contributed by atoms with Crippen LogP contribution in [0.1, 0.15) is 29.4 Å². The molecule has 0 spiro atoms. The van der Waals surface area contributed by atoms with Crippen LogP contribution in [0.15, 0.2) is 33.5 Å². The minimum absolute atomic E-state index is 0.0309. The van der Waals surface area contributed by atoms with Crippen molar-refractivity contribution in [2.75, 3.05) is 27.4 Å². The molecular formula is C19H20O8. The Labute approximate surface area is 155 Å². The van der Waals surface area contributed by atoms with Crippen molar-refractivity contribution in [2.45, 2.75) is 18.9 Å². The van der Waals surface area contributed by atoms with E-state index >= 15 is 0 Å². The van der Waals surface area contributed by atoms with Gasteiger partial charge in [-0.15, -0.1) is 0 Å². The first kappa shape index (κ1) is 18.8. The highest BCUT2D eigenvalue weighted by atomic mass is 16.6. The van der Waals surface area contributed by atoms with E-state index in [0.29, 0.717) is 30.3 Å². The maximum absolute atomic E-state index is 12.1. The molecule has 0 aliphatic carbocycles. The largest absolute Gasteiger partial charge is 0.502 e. The van der Waals surface area contributed by atoms with Gasteiger partial charge in [0, 0.05) is 13.2 Å². The Morgan fingerprint density at radius 3 is 2.63 bits per heavy atom. The van der Waals surface area contributed by atoms with Crippen LogP contribution in [0.25, 0.3) is 0 Å². The van der Waals surface area contributed by atoms with E-state index < -0.39 is 23.1 Å². The van der Waals surface area contributed by atoms with E-state index in [4.69, 9.17) is 23.4 Å². The van der Waals surface area contributed by atoms with Gasteiger partial charge < -0.3 is 28.5 Å². The smallest absolute Gasteiger partial charge is 0.306 e. The summed E-state index contributed by atoms with van der Waals surface area (Å²) >= 11 is 0. The van der Waals surface area contributed by atoms with E-state index in [1.807, 2.05) is 0 Å². The molecule has 27 heavy (non-hydrogen) atoms. The summed E-state index contributed by atoms with van der Waals surface area (Å²) in [5.74, 6) is -0.519. The molecule has 1 aliphatic rings. The number of carbonyl (C=O) groups is 1. The molecule has 2 heterocycles. The van der Waals surface area contributed by atoms with Crippen molar-refractivity contribution in [3.8, 4) is 17.2 Å². The van der Waals surface area contributed by atoms with Gasteiger partial charge in [-0.25, -0.2) is 0 Å². The third-order valence-electron chi connectivity index (χ3n) is 4.17. The lowest BCUT2D eigenvalue weighted by Crippen LogP contribution is -2.17. The predicted octanol–water partition coefficient (Wildman–Crippen LogP) is 1.96. The van der Waals surface area contributed by atoms with Gasteiger partial charge in [-0.05, 0) is 17.7 Å². The molecule has 0 fully saturated rings. The van der Waals surface area contributed by atoms with Gasteiger partial charge in [0.2, 0.25) is 11.2 Å². The molecule has 0 saturated carbocycles. The maximum atomic E-state index is 12.1. The van der Waals surface area contributed by atoms with Crippen LogP contribution in [0.2, 0.25) is 0 Å².